The predicted octanol–water partition coefficient (Wildman–Crippen LogP) is 3.01. The molecule has 2 saturated carbocycles. The first kappa shape index (κ1) is 13.4. The van der Waals surface area contributed by atoms with Crippen LogP contribution >= 0.6 is 0 Å². The maximum atomic E-state index is 6.08. The Bertz CT molecular complexity index is 241. The lowest BCUT2D eigenvalue weighted by Crippen LogP contribution is -2.54. The number of rotatable bonds is 5. The molecule has 0 saturated heterocycles. The molecule has 0 bridgehead atoms. The lowest BCUT2D eigenvalue weighted by atomic mass is 9.83. The Kier molecular flexibility index (Phi) is 4.14. The topological polar surface area (TPSA) is 29.3 Å². The van der Waals surface area contributed by atoms with Gasteiger partial charge in [-0.3, -0.25) is 4.90 Å². The normalized spacial score (nSPS) is 33.7. The molecule has 2 rings (SSSR count). The van der Waals surface area contributed by atoms with Crippen LogP contribution < -0.4 is 5.73 Å². The van der Waals surface area contributed by atoms with Crippen molar-refractivity contribution in [2.24, 2.45) is 17.6 Å². The molecule has 0 aromatic rings. The number of hydrogen-bond donors (Lipinski definition) is 1. The summed E-state index contributed by atoms with van der Waals surface area (Å²) in [5.41, 5.74) is 6.32. The van der Waals surface area contributed by atoms with Gasteiger partial charge in [0.2, 0.25) is 0 Å². The minimum Gasteiger partial charge on any atom is -0.329 e. The first-order valence-electron chi connectivity index (χ1n) is 7.48. The molecule has 2 nitrogen and oxygen atoms in total. The Morgan fingerprint density at radius 2 is 1.71 bits per heavy atom. The lowest BCUT2D eigenvalue weighted by molar-refractivity contribution is 0.0525. The monoisotopic (exact) mass is 238 g/mol. The van der Waals surface area contributed by atoms with E-state index in [0.29, 0.717) is 0 Å². The second-order valence-electron chi connectivity index (χ2n) is 6.87. The first-order chi connectivity index (χ1) is 8.05. The molecular weight excluding hydrogens is 208 g/mol. The summed E-state index contributed by atoms with van der Waals surface area (Å²) in [4.78, 5) is 2.62. The van der Waals surface area contributed by atoms with E-state index in [4.69, 9.17) is 5.73 Å². The van der Waals surface area contributed by atoms with Crippen LogP contribution in [0.1, 0.15) is 58.8 Å². The molecule has 0 spiro atoms. The molecule has 17 heavy (non-hydrogen) atoms. The molecule has 2 heteroatoms. The maximum Gasteiger partial charge on any atom is 0.0306 e. The highest BCUT2D eigenvalue weighted by atomic mass is 15.2. The Labute approximate surface area is 107 Å². The molecule has 0 aromatic heterocycles. The van der Waals surface area contributed by atoms with E-state index in [2.05, 4.69) is 25.8 Å². The van der Waals surface area contributed by atoms with E-state index >= 15 is 0 Å². The van der Waals surface area contributed by atoms with Gasteiger partial charge in [-0.05, 0) is 57.9 Å². The van der Waals surface area contributed by atoms with Gasteiger partial charge in [-0.1, -0.05) is 19.8 Å². The van der Waals surface area contributed by atoms with Crippen LogP contribution in [-0.4, -0.2) is 30.1 Å². The SMILES string of the molecule is CC1CCC(N(C)C(C)(CN)CC2CC2)CC1. The third kappa shape index (κ3) is 3.23. The molecule has 0 amide bonds. The summed E-state index contributed by atoms with van der Waals surface area (Å²) >= 11 is 0. The van der Waals surface area contributed by atoms with Gasteiger partial charge in [0.15, 0.2) is 0 Å². The Hall–Kier alpha value is -0.0800. The number of nitrogens with two attached hydrogens (primary N) is 1. The summed E-state index contributed by atoms with van der Waals surface area (Å²) in [7, 11) is 2.32. The van der Waals surface area contributed by atoms with Gasteiger partial charge in [-0.2, -0.15) is 0 Å². The molecule has 0 heterocycles. The molecular formula is C15H30N2. The molecule has 0 aromatic carbocycles. The quantitative estimate of drug-likeness (QED) is 0.798. The van der Waals surface area contributed by atoms with Gasteiger partial charge in [-0.25, -0.2) is 0 Å². The fourth-order valence-electron chi connectivity index (χ4n) is 3.39. The number of likely N-dealkylation sites (N-methyl/N-ethyl adjacent to an activating group) is 1. The van der Waals surface area contributed by atoms with E-state index < -0.39 is 0 Å². The van der Waals surface area contributed by atoms with E-state index in [9.17, 15) is 0 Å². The lowest BCUT2D eigenvalue weighted by Gasteiger charge is -2.45. The van der Waals surface area contributed by atoms with Gasteiger partial charge in [0, 0.05) is 18.1 Å². The molecule has 2 aliphatic rings. The minimum absolute atomic E-state index is 0.242. The van der Waals surface area contributed by atoms with Gasteiger partial charge >= 0.3 is 0 Å². The standard InChI is InChI=1S/C15H30N2/c1-12-4-8-14(9-5-12)17(3)15(2,11-16)10-13-6-7-13/h12-14H,4-11,16H2,1-3H3. The number of hydrogen-bond acceptors (Lipinski definition) is 2. The van der Waals surface area contributed by atoms with Crippen LogP contribution in [0.5, 0.6) is 0 Å². The molecule has 2 fully saturated rings. The average molecular weight is 238 g/mol. The second kappa shape index (κ2) is 5.27. The van der Waals surface area contributed by atoms with Crippen LogP contribution in [0.15, 0.2) is 0 Å². The van der Waals surface area contributed by atoms with E-state index in [1.54, 1.807) is 0 Å². The van der Waals surface area contributed by atoms with Crippen molar-refractivity contribution in [2.75, 3.05) is 13.6 Å². The van der Waals surface area contributed by atoms with Crippen LogP contribution in [0, 0.1) is 11.8 Å². The second-order valence-corrected chi connectivity index (χ2v) is 6.87. The zero-order valence-corrected chi connectivity index (χ0v) is 11.9. The van der Waals surface area contributed by atoms with Crippen LogP contribution in [0.4, 0.5) is 0 Å². The summed E-state index contributed by atoms with van der Waals surface area (Å²) in [5, 5.41) is 0. The Morgan fingerprint density at radius 3 is 2.18 bits per heavy atom. The van der Waals surface area contributed by atoms with Crippen molar-refractivity contribution in [3.05, 3.63) is 0 Å². The summed E-state index contributed by atoms with van der Waals surface area (Å²) in [6.07, 6.45) is 9.73. The van der Waals surface area contributed by atoms with Gasteiger partial charge in [0.05, 0.1) is 0 Å². The van der Waals surface area contributed by atoms with Gasteiger partial charge in [0.1, 0.15) is 0 Å². The molecule has 1 unspecified atom stereocenters. The fraction of sp³-hybridized carbons (Fsp3) is 1.00. The molecule has 1 atom stereocenters. The minimum atomic E-state index is 0.242. The molecule has 2 aliphatic carbocycles. The zero-order valence-electron chi connectivity index (χ0n) is 11.9. The van der Waals surface area contributed by atoms with Crippen molar-refractivity contribution in [1.82, 2.24) is 4.90 Å². The molecule has 100 valence electrons. The fourth-order valence-corrected chi connectivity index (χ4v) is 3.39. The van der Waals surface area contributed by atoms with Gasteiger partial charge in [0.25, 0.3) is 0 Å². The van der Waals surface area contributed by atoms with Crippen LogP contribution in [0.3, 0.4) is 0 Å². The Balaban J connectivity index is 1.92. The van der Waals surface area contributed by atoms with Crippen molar-refractivity contribution >= 4 is 0 Å². The Morgan fingerprint density at radius 1 is 1.12 bits per heavy atom. The molecule has 0 radical (unpaired) electrons. The third-order valence-corrected chi connectivity index (χ3v) is 5.25. The van der Waals surface area contributed by atoms with Crippen LogP contribution in [0.2, 0.25) is 0 Å². The summed E-state index contributed by atoms with van der Waals surface area (Å²) < 4.78 is 0. The summed E-state index contributed by atoms with van der Waals surface area (Å²) in [6.45, 7) is 5.58. The summed E-state index contributed by atoms with van der Waals surface area (Å²) in [5.74, 6) is 1.90. The highest BCUT2D eigenvalue weighted by Crippen LogP contribution is 2.40. The van der Waals surface area contributed by atoms with Crippen molar-refractivity contribution < 1.29 is 0 Å². The molecule has 2 N–H and O–H groups in total. The average Bonchev–Trinajstić information content (AvgIpc) is 3.13. The van der Waals surface area contributed by atoms with Crippen LogP contribution in [0.25, 0.3) is 0 Å². The van der Waals surface area contributed by atoms with Crippen molar-refractivity contribution in [3.8, 4) is 0 Å². The zero-order chi connectivity index (χ0) is 12.5. The largest absolute Gasteiger partial charge is 0.329 e. The van der Waals surface area contributed by atoms with E-state index in [1.807, 2.05) is 0 Å². The predicted molar refractivity (Wildman–Crippen MR) is 74.0 cm³/mol. The van der Waals surface area contributed by atoms with Gasteiger partial charge in [-0.15, -0.1) is 0 Å². The van der Waals surface area contributed by atoms with E-state index in [-0.39, 0.29) is 5.54 Å². The van der Waals surface area contributed by atoms with Crippen molar-refractivity contribution in [2.45, 2.75) is 70.4 Å². The molecule has 0 aliphatic heterocycles. The van der Waals surface area contributed by atoms with Crippen molar-refractivity contribution in [3.63, 3.8) is 0 Å². The van der Waals surface area contributed by atoms with Crippen molar-refractivity contribution in [1.29, 1.82) is 0 Å². The third-order valence-electron chi connectivity index (χ3n) is 5.25. The van der Waals surface area contributed by atoms with Crippen LogP contribution in [-0.2, 0) is 0 Å². The summed E-state index contributed by atoms with van der Waals surface area (Å²) in [6, 6.07) is 0.776. The first-order valence-corrected chi connectivity index (χ1v) is 7.48. The van der Waals surface area contributed by atoms with Gasteiger partial charge < -0.3 is 5.73 Å². The van der Waals surface area contributed by atoms with E-state index in [1.165, 1.54) is 44.9 Å². The smallest absolute Gasteiger partial charge is 0.0306 e. The highest BCUT2D eigenvalue weighted by molar-refractivity contribution is 4.95. The highest BCUT2D eigenvalue weighted by Gasteiger charge is 2.38. The van der Waals surface area contributed by atoms with E-state index in [0.717, 1.165) is 24.4 Å². The maximum absolute atomic E-state index is 6.08. The number of nitrogens with zero attached hydrogens (tertiary/aromatic N) is 1.